The van der Waals surface area contributed by atoms with Gasteiger partial charge in [0.05, 0.1) is 39.6 Å². The van der Waals surface area contributed by atoms with Crippen molar-refractivity contribution in [3.8, 4) is 0 Å². The molecule has 0 fully saturated rings. The Kier molecular flexibility index (Phi) is 39.5. The van der Waals surface area contributed by atoms with Crippen molar-refractivity contribution in [3.05, 3.63) is 0 Å². The minimum atomic E-state index is -8.65. The second-order valence-electron chi connectivity index (χ2n) is 19.7. The van der Waals surface area contributed by atoms with Crippen LogP contribution in [0.4, 0.5) is 220 Å². The van der Waals surface area contributed by atoms with Crippen LogP contribution in [0.3, 0.4) is 0 Å². The van der Waals surface area contributed by atoms with Crippen molar-refractivity contribution >= 4 is 43.0 Å². The first kappa shape index (κ1) is 108. The highest BCUT2D eigenvalue weighted by molar-refractivity contribution is 7.42. The van der Waals surface area contributed by atoms with Gasteiger partial charge in [-0.05, 0) is 0 Å². The molecule has 110 heavy (non-hydrogen) atoms. The van der Waals surface area contributed by atoms with Gasteiger partial charge in [0.1, 0.15) is 65.2 Å². The van der Waals surface area contributed by atoms with Gasteiger partial charge in [-0.15, -0.1) is 0 Å². The number of halogens is 50. The minimum absolute atomic E-state index is 1.50. The third-order valence-corrected chi connectivity index (χ3v) is 16.7. The number of alkyl halides is 50. The van der Waals surface area contributed by atoms with Gasteiger partial charge in [0.25, 0.3) is 0 Å². The maximum Gasteiger partial charge on any atom is 0.384 e. The van der Waals surface area contributed by atoms with Crippen LogP contribution in [0.25, 0.3) is 0 Å². The van der Waals surface area contributed by atoms with Crippen molar-refractivity contribution in [1.29, 1.82) is 0 Å². The molecule has 3 atom stereocenters. The second kappa shape index (κ2) is 40.2. The fourth-order valence-corrected chi connectivity index (χ4v) is 10.2. The molecule has 0 radical (unpaired) electrons. The molecule has 662 valence electrons. The van der Waals surface area contributed by atoms with Gasteiger partial charge < -0.3 is 68.2 Å². The summed E-state index contributed by atoms with van der Waals surface area (Å²) in [5.41, 5.74) is 0. The van der Waals surface area contributed by atoms with Crippen molar-refractivity contribution in [2.75, 3.05) is 92.6 Å². The van der Waals surface area contributed by atoms with Crippen LogP contribution in [-0.2, 0) is 63.3 Å². The topological polar surface area (TPSA) is 149 Å². The van der Waals surface area contributed by atoms with Crippen molar-refractivity contribution in [2.45, 2.75) is 157 Å². The van der Waals surface area contributed by atoms with Gasteiger partial charge in [-0.2, -0.15) is 158 Å². The molecule has 0 aliphatic rings. The first-order chi connectivity index (χ1) is 48.9. The average Bonchev–Trinajstić information content (AvgIpc) is 0.723. The van der Waals surface area contributed by atoms with Crippen molar-refractivity contribution < 1.29 is 288 Å². The lowest BCUT2D eigenvalue weighted by Crippen LogP contribution is -2.69. The van der Waals surface area contributed by atoms with E-state index < -0.39 is 293 Å². The van der Waals surface area contributed by atoms with Crippen molar-refractivity contribution in [2.24, 2.45) is 0 Å². The summed E-state index contributed by atoms with van der Waals surface area (Å²) >= 11 is 0. The Hall–Kier alpha value is -1.95. The maximum absolute atomic E-state index is 14.9. The van der Waals surface area contributed by atoms with E-state index in [1.807, 2.05) is 0 Å². The minimum Gasteiger partial charge on any atom is -0.328 e. The first-order valence-corrected chi connectivity index (χ1v) is 31.6. The molecule has 0 saturated carbocycles. The van der Waals surface area contributed by atoms with Gasteiger partial charge in [0.2, 0.25) is 0 Å². The zero-order valence-corrected chi connectivity index (χ0v) is 55.3. The van der Waals surface area contributed by atoms with E-state index in [0.717, 1.165) is 0 Å². The normalized spacial score (nSPS) is 16.2. The Bertz CT molecular complexity index is 2550. The van der Waals surface area contributed by atoms with Crippen LogP contribution in [0.1, 0.15) is 0 Å². The second-order valence-corrected chi connectivity index (χ2v) is 25.5. The zero-order valence-electron chi connectivity index (χ0n) is 50.8. The molecule has 0 amide bonds. The molecule has 0 heterocycles. The van der Waals surface area contributed by atoms with Gasteiger partial charge in [-0.3, -0.25) is 0 Å². The number of hydrogen-bond donors (Lipinski definition) is 1. The molecule has 0 bridgehead atoms. The summed E-state index contributed by atoms with van der Waals surface area (Å²) in [6, 6.07) is 0. The van der Waals surface area contributed by atoms with E-state index in [1.54, 1.807) is 0 Å². The molecule has 0 aliphatic carbocycles. The third kappa shape index (κ3) is 25.5. The largest absolute Gasteiger partial charge is 0.384 e. The summed E-state index contributed by atoms with van der Waals surface area (Å²) in [6.45, 7) is -39.3. The lowest BCUT2D eigenvalue weighted by molar-refractivity contribution is -0.415. The highest BCUT2D eigenvalue weighted by Crippen LogP contribution is 2.63. The van der Waals surface area contributed by atoms with E-state index >= 15 is 0 Å². The van der Waals surface area contributed by atoms with Crippen LogP contribution in [-0.4, -0.2) is 255 Å². The fraction of sp³-hybridized carbons (Fsp3) is 1.00. The molecule has 70 heteroatoms. The van der Waals surface area contributed by atoms with E-state index in [4.69, 9.17) is 4.52 Å². The highest BCUT2D eigenvalue weighted by atomic mass is 31.2. The van der Waals surface area contributed by atoms with E-state index in [1.165, 1.54) is 0 Å². The van der Waals surface area contributed by atoms with Gasteiger partial charge in [0, 0.05) is 0 Å². The summed E-state index contributed by atoms with van der Waals surface area (Å²) in [7, 11) is -24.4. The van der Waals surface area contributed by atoms with Crippen LogP contribution in [0.5, 0.6) is 0 Å². The molecule has 15 nitrogen and oxygen atoms in total. The third-order valence-electron chi connectivity index (χ3n) is 11.4. The van der Waals surface area contributed by atoms with E-state index in [2.05, 4.69) is 58.8 Å². The zero-order chi connectivity index (χ0) is 87.3. The molecular weight excluding hydrogens is 1830 g/mol. The Morgan fingerprint density at radius 3 is 0.664 bits per heavy atom. The van der Waals surface area contributed by atoms with Crippen LogP contribution in [0, 0.1) is 0 Å². The molecule has 0 spiro atoms. The Balaban J connectivity index is 8.43. The smallest absolute Gasteiger partial charge is 0.328 e. The van der Waals surface area contributed by atoms with Gasteiger partial charge in [-0.1, -0.05) is 0 Å². The highest BCUT2D eigenvalue weighted by Gasteiger charge is 2.90. The van der Waals surface area contributed by atoms with E-state index in [9.17, 15) is 224 Å². The molecule has 0 saturated heterocycles. The number of hydrogen-bond acceptors (Lipinski definition) is 15. The van der Waals surface area contributed by atoms with Crippen molar-refractivity contribution in [3.63, 3.8) is 0 Å². The quantitative estimate of drug-likeness (QED) is 0.0454. The summed E-state index contributed by atoms with van der Waals surface area (Å²) < 4.78 is 746. The Morgan fingerprint density at radius 1 is 0.227 bits per heavy atom. The molecule has 0 aromatic rings. The van der Waals surface area contributed by atoms with Gasteiger partial charge in [-0.25, -0.2) is 61.5 Å². The predicted molar refractivity (Wildman–Crippen MR) is 255 cm³/mol. The Labute approximate surface area is 580 Å². The van der Waals surface area contributed by atoms with Crippen LogP contribution < -0.4 is 0 Å². The summed E-state index contributed by atoms with van der Waals surface area (Å²) in [5.74, 6) is -137. The van der Waals surface area contributed by atoms with Crippen molar-refractivity contribution in [1.82, 2.24) is 0 Å². The van der Waals surface area contributed by atoms with E-state index in [-0.39, 0.29) is 0 Å². The molecular formula is C40H37F50O15P5. The predicted octanol–water partition coefficient (Wildman–Crippen LogP) is 20.0. The fourth-order valence-electron chi connectivity index (χ4n) is 5.33. The molecule has 0 aromatic carbocycles. The lowest BCUT2D eigenvalue weighted by atomic mass is 9.95. The Morgan fingerprint density at radius 2 is 0.436 bits per heavy atom. The van der Waals surface area contributed by atoms with Crippen LogP contribution >= 0.6 is 43.0 Å². The molecule has 1 N–H and O–H groups in total. The number of rotatable bonds is 58. The van der Waals surface area contributed by atoms with Crippen LogP contribution in [0.2, 0.25) is 0 Å². The average molecular weight is 1860 g/mol. The summed E-state index contributed by atoms with van der Waals surface area (Å²) in [4.78, 5) is 10.5. The SMILES string of the molecule is OP(OCC(COP(OCC(F)(F)C(F)(F)C(F)(F)C(F)(F)C(F)(F)C(F)F)OCC(F)(F)C(F)(F)C(F)(F)C(F)(F)C(F)(F)C(F)F)OP(OCCF)OCCF)OCC(COP(OCC(F)(F)C(F)(F)C(F)(F)C(F)F)OCC(F)(F)C(F)(F)C(F)(F)C(F)F)OP(OCC(F)(F)C(F)F)OCC(F)(F)C(F)F. The maximum atomic E-state index is 14.9. The molecule has 0 aromatic heterocycles. The summed E-state index contributed by atoms with van der Waals surface area (Å²) in [6.07, 6.45) is -41.0. The molecule has 0 aliphatic heterocycles. The van der Waals surface area contributed by atoms with Gasteiger partial charge in [0.15, 0.2) is 0 Å². The van der Waals surface area contributed by atoms with Gasteiger partial charge >= 0.3 is 188 Å². The molecule has 3 unspecified atom stereocenters. The summed E-state index contributed by atoms with van der Waals surface area (Å²) in [5, 5.41) is 0. The molecule has 0 rings (SSSR count). The first-order valence-electron chi connectivity index (χ1n) is 26.1. The van der Waals surface area contributed by atoms with Crippen LogP contribution in [0.15, 0.2) is 0 Å². The lowest BCUT2D eigenvalue weighted by Gasteiger charge is -2.39. The monoisotopic (exact) mass is 1860 g/mol. The van der Waals surface area contributed by atoms with E-state index in [0.29, 0.717) is 0 Å². The standard InChI is InChI=1S/C40H37F50O15P5/c41-1-3-92-109(93-4-2-42)104-15(7-96-108(102-13-27(63,64)35(79,80)39(87,88)37(83,84)31(71,72)21(51)52)103-14-28(65,66)36(81,82)40(89,90)38(85,86)32(73,74)22(53)54)5-94-106(91)95-6-16(105-110(98-9-23(55,56)17(43)44)99-10-24(57,58)18(45)46)8-97-107(100-11-25(59,60)33(75,76)29(67,68)19(47)48)101-12-26(61,62)34(77,78)30(69,70)20(49)50/h15-22,91H,1-14H2.